The second-order valence-electron chi connectivity index (χ2n) is 6.55. The molecule has 0 aromatic rings. The molecule has 0 unspecified atom stereocenters. The molecule has 0 atom stereocenters. The maximum absolute atomic E-state index is 9.70. The summed E-state index contributed by atoms with van der Waals surface area (Å²) in [6, 6.07) is 0. The Balaban J connectivity index is 0.000000187. The molecule has 0 spiro atoms. The van der Waals surface area contributed by atoms with Gasteiger partial charge in [0.05, 0.1) is 5.92 Å². The second kappa shape index (κ2) is 4.38. The molecule has 2 heteroatoms. The van der Waals surface area contributed by atoms with Crippen molar-refractivity contribution in [2.45, 2.75) is 60.3 Å². The number of carboxylic acids is 1. The molecule has 0 saturated heterocycles. The highest BCUT2D eigenvalue weighted by Crippen LogP contribution is 2.65. The molecule has 0 aromatic carbocycles. The molecule has 1 N–H and O–H groups in total. The van der Waals surface area contributed by atoms with Crippen molar-refractivity contribution in [1.82, 2.24) is 0 Å². The molecule has 2 aliphatic rings. The summed E-state index contributed by atoms with van der Waals surface area (Å²) in [5.41, 5.74) is 1.37. The summed E-state index contributed by atoms with van der Waals surface area (Å²) in [4.78, 5) is 9.70. The summed E-state index contributed by atoms with van der Waals surface area (Å²) in [6.07, 6.45) is 5.99. The number of carboxylic acid groups (broad SMARTS) is 1. The topological polar surface area (TPSA) is 37.3 Å². The van der Waals surface area contributed by atoms with Crippen LogP contribution in [0.1, 0.15) is 60.3 Å². The normalized spacial score (nSPS) is 34.8. The number of fused-ring (bicyclic) bond motifs is 2. The Bertz CT molecular complexity index is 255. The van der Waals surface area contributed by atoms with Crippen LogP contribution in [-0.2, 0) is 4.79 Å². The monoisotopic (exact) mass is 226 g/mol. The third kappa shape index (κ3) is 2.26. The molecule has 2 aliphatic carbocycles. The summed E-state index contributed by atoms with van der Waals surface area (Å²) >= 11 is 0. The Labute approximate surface area is 99.4 Å². The van der Waals surface area contributed by atoms with Gasteiger partial charge in [0.2, 0.25) is 0 Å². The lowest BCUT2D eigenvalue weighted by atomic mass is 9.71. The van der Waals surface area contributed by atoms with E-state index in [1.54, 1.807) is 13.8 Å². The van der Waals surface area contributed by atoms with E-state index in [1.165, 1.54) is 25.7 Å². The lowest BCUT2D eigenvalue weighted by molar-refractivity contribution is -0.140. The third-order valence-electron chi connectivity index (χ3n) is 5.16. The Morgan fingerprint density at radius 1 is 1.19 bits per heavy atom. The lowest BCUT2D eigenvalue weighted by Crippen LogP contribution is -2.26. The fraction of sp³-hybridized carbons (Fsp3) is 0.929. The molecular weight excluding hydrogens is 200 g/mol. The molecule has 0 radical (unpaired) electrons. The van der Waals surface area contributed by atoms with Crippen molar-refractivity contribution in [1.29, 1.82) is 0 Å². The van der Waals surface area contributed by atoms with Crippen LogP contribution < -0.4 is 0 Å². The predicted octanol–water partition coefficient (Wildman–Crippen LogP) is 3.95. The Morgan fingerprint density at radius 3 is 1.62 bits per heavy atom. The average molecular weight is 226 g/mol. The van der Waals surface area contributed by atoms with Gasteiger partial charge in [-0.25, -0.2) is 0 Å². The number of rotatable bonds is 1. The van der Waals surface area contributed by atoms with Gasteiger partial charge in [-0.2, -0.15) is 0 Å². The van der Waals surface area contributed by atoms with E-state index in [-0.39, 0.29) is 5.92 Å². The highest BCUT2D eigenvalue weighted by atomic mass is 16.4. The van der Waals surface area contributed by atoms with Crippen LogP contribution in [0, 0.1) is 22.7 Å². The number of hydrogen-bond acceptors (Lipinski definition) is 1. The molecule has 2 nitrogen and oxygen atoms in total. The van der Waals surface area contributed by atoms with E-state index in [2.05, 4.69) is 20.8 Å². The first-order valence-corrected chi connectivity index (χ1v) is 6.43. The summed E-state index contributed by atoms with van der Waals surface area (Å²) in [6.45, 7) is 10.7. The molecule has 0 aliphatic heterocycles. The van der Waals surface area contributed by atoms with Crippen LogP contribution in [0.5, 0.6) is 0 Å². The molecule has 0 aromatic heterocycles. The number of carbonyl (C=O) groups is 1. The Morgan fingerprint density at radius 2 is 1.56 bits per heavy atom. The third-order valence-corrected chi connectivity index (χ3v) is 5.16. The zero-order valence-corrected chi connectivity index (χ0v) is 11.3. The second-order valence-corrected chi connectivity index (χ2v) is 6.55. The van der Waals surface area contributed by atoms with Crippen molar-refractivity contribution in [3.63, 3.8) is 0 Å². The van der Waals surface area contributed by atoms with Gasteiger partial charge < -0.3 is 5.11 Å². The van der Waals surface area contributed by atoms with Crippen LogP contribution >= 0.6 is 0 Å². The van der Waals surface area contributed by atoms with Crippen LogP contribution in [0.3, 0.4) is 0 Å². The van der Waals surface area contributed by atoms with Gasteiger partial charge in [0, 0.05) is 0 Å². The van der Waals surface area contributed by atoms with E-state index in [0.29, 0.717) is 10.8 Å². The summed E-state index contributed by atoms with van der Waals surface area (Å²) in [7, 11) is 0. The van der Waals surface area contributed by atoms with E-state index >= 15 is 0 Å². The van der Waals surface area contributed by atoms with Gasteiger partial charge in [0.15, 0.2) is 0 Å². The maximum atomic E-state index is 9.70. The van der Waals surface area contributed by atoms with E-state index in [1.807, 2.05) is 0 Å². The van der Waals surface area contributed by atoms with Crippen LogP contribution in [0.2, 0.25) is 0 Å². The number of aliphatic carboxylic acids is 1. The molecule has 2 rings (SSSR count). The fourth-order valence-electron chi connectivity index (χ4n) is 3.11. The van der Waals surface area contributed by atoms with Gasteiger partial charge in [0.25, 0.3) is 0 Å². The van der Waals surface area contributed by atoms with Crippen molar-refractivity contribution >= 4 is 5.97 Å². The Hall–Kier alpha value is -0.530. The molecule has 0 amide bonds. The van der Waals surface area contributed by atoms with Crippen molar-refractivity contribution in [2.75, 3.05) is 0 Å². The largest absolute Gasteiger partial charge is 0.481 e. The van der Waals surface area contributed by atoms with E-state index in [9.17, 15) is 4.79 Å². The first-order chi connectivity index (χ1) is 7.21. The minimum Gasteiger partial charge on any atom is -0.481 e. The first kappa shape index (κ1) is 13.5. The van der Waals surface area contributed by atoms with Gasteiger partial charge in [-0.1, -0.05) is 34.6 Å². The average Bonchev–Trinajstić information content (AvgIpc) is 2.51. The molecule has 2 bridgehead atoms. The molecular formula is C14H26O2. The van der Waals surface area contributed by atoms with Gasteiger partial charge in [-0.3, -0.25) is 4.79 Å². The van der Waals surface area contributed by atoms with Crippen LogP contribution in [0.15, 0.2) is 0 Å². The zero-order chi connectivity index (χ0) is 12.6. The highest BCUT2D eigenvalue weighted by Gasteiger charge is 2.55. The van der Waals surface area contributed by atoms with Gasteiger partial charge in [0.1, 0.15) is 0 Å². The smallest absolute Gasteiger partial charge is 0.305 e. The van der Waals surface area contributed by atoms with E-state index in [0.717, 1.165) is 5.92 Å². The van der Waals surface area contributed by atoms with Gasteiger partial charge >= 0.3 is 5.97 Å². The summed E-state index contributed by atoms with van der Waals surface area (Å²) in [5.74, 6) is 0.0810. The zero-order valence-electron chi connectivity index (χ0n) is 11.3. The molecule has 0 heterocycles. The predicted molar refractivity (Wildman–Crippen MR) is 66.3 cm³/mol. The highest BCUT2D eigenvalue weighted by molar-refractivity contribution is 5.68. The number of hydrogen-bond donors (Lipinski definition) is 1. The SMILES string of the molecule is CC(C)C(=O)O.CC12CCC(CC1)C2(C)C. The molecule has 16 heavy (non-hydrogen) atoms. The molecule has 94 valence electrons. The van der Waals surface area contributed by atoms with Crippen LogP contribution in [0.25, 0.3) is 0 Å². The van der Waals surface area contributed by atoms with E-state index in [4.69, 9.17) is 5.11 Å². The molecule has 2 fully saturated rings. The first-order valence-electron chi connectivity index (χ1n) is 6.43. The maximum Gasteiger partial charge on any atom is 0.305 e. The quantitative estimate of drug-likeness (QED) is 0.735. The van der Waals surface area contributed by atoms with Crippen LogP contribution in [0.4, 0.5) is 0 Å². The van der Waals surface area contributed by atoms with Crippen molar-refractivity contribution in [3.05, 3.63) is 0 Å². The van der Waals surface area contributed by atoms with Crippen molar-refractivity contribution < 1.29 is 9.90 Å². The minimum atomic E-state index is -0.741. The van der Waals surface area contributed by atoms with Gasteiger partial charge in [-0.15, -0.1) is 0 Å². The minimum absolute atomic E-state index is 0.231. The van der Waals surface area contributed by atoms with Gasteiger partial charge in [-0.05, 0) is 42.4 Å². The molecule has 2 saturated carbocycles. The van der Waals surface area contributed by atoms with E-state index < -0.39 is 5.97 Å². The summed E-state index contributed by atoms with van der Waals surface area (Å²) < 4.78 is 0. The standard InChI is InChI=1S/C10H18.C4H8O2/c1-9(2)8-4-6-10(9,3)7-5-8;1-3(2)4(5)6/h8H,4-7H2,1-3H3;3H,1-2H3,(H,5,6). The van der Waals surface area contributed by atoms with Crippen LogP contribution in [-0.4, -0.2) is 11.1 Å². The van der Waals surface area contributed by atoms with Crippen molar-refractivity contribution in [2.24, 2.45) is 22.7 Å². The Kier molecular flexibility index (Phi) is 3.71. The fourth-order valence-corrected chi connectivity index (χ4v) is 3.11. The lowest BCUT2D eigenvalue weighted by Gasteiger charge is -2.34. The van der Waals surface area contributed by atoms with Crippen molar-refractivity contribution in [3.8, 4) is 0 Å². The summed E-state index contributed by atoms with van der Waals surface area (Å²) in [5, 5.41) is 7.99.